The molecule has 0 fully saturated rings. The second-order valence-electron chi connectivity index (χ2n) is 7.21. The van der Waals surface area contributed by atoms with Crippen LogP contribution in [0.15, 0.2) is 24.3 Å². The molecule has 1 aromatic rings. The highest BCUT2D eigenvalue weighted by Gasteiger charge is 2.94. The number of carbonyl (C=O) groups excluding carboxylic acids is 2. The van der Waals surface area contributed by atoms with Gasteiger partial charge in [-0.15, -0.1) is 0 Å². The standard InChI is InChI=1S/C17H8F15NO3/c18-11(19,10(35)36-9(34)8-5-6-3-1-2-4-7(6)33-8)12(20,21)13(22,23)14(24,25)15(26,27)16(28,29)17(30,31)32/h1-4,8,33H,5H2. The summed E-state index contributed by atoms with van der Waals surface area (Å²) in [6.45, 7) is 0. The third kappa shape index (κ3) is 3.99. The minimum absolute atomic E-state index is 0.128. The zero-order valence-corrected chi connectivity index (χ0v) is 16.5. The Bertz CT molecular complexity index is 1010. The second-order valence-corrected chi connectivity index (χ2v) is 7.21. The molecular weight excluding hydrogens is 551 g/mol. The number of rotatable bonds is 7. The van der Waals surface area contributed by atoms with Gasteiger partial charge in [0, 0.05) is 12.1 Å². The Hall–Kier alpha value is -2.89. The topological polar surface area (TPSA) is 55.4 Å². The molecule has 0 saturated heterocycles. The maximum atomic E-state index is 13.8. The van der Waals surface area contributed by atoms with Gasteiger partial charge in [-0.05, 0) is 11.6 Å². The summed E-state index contributed by atoms with van der Waals surface area (Å²) >= 11 is 0. The smallest absolute Gasteiger partial charge is 0.387 e. The van der Waals surface area contributed by atoms with Gasteiger partial charge in [-0.25, -0.2) is 9.59 Å². The molecule has 204 valence electrons. The molecule has 0 aliphatic carbocycles. The first-order valence-corrected chi connectivity index (χ1v) is 8.82. The van der Waals surface area contributed by atoms with Gasteiger partial charge in [0.25, 0.3) is 0 Å². The van der Waals surface area contributed by atoms with Crippen molar-refractivity contribution in [3.8, 4) is 0 Å². The molecule has 0 bridgehead atoms. The first-order valence-electron chi connectivity index (χ1n) is 8.82. The number of para-hydroxylation sites is 1. The van der Waals surface area contributed by atoms with E-state index in [1.807, 2.05) is 0 Å². The van der Waals surface area contributed by atoms with Gasteiger partial charge in [0.1, 0.15) is 6.04 Å². The highest BCUT2D eigenvalue weighted by Crippen LogP contribution is 2.62. The molecule has 1 atom stereocenters. The lowest BCUT2D eigenvalue weighted by Crippen LogP contribution is -2.73. The van der Waals surface area contributed by atoms with Crippen LogP contribution in [0.4, 0.5) is 71.5 Å². The molecule has 1 aliphatic heterocycles. The Morgan fingerprint density at radius 1 is 0.694 bits per heavy atom. The van der Waals surface area contributed by atoms with Crippen LogP contribution in [0.25, 0.3) is 0 Å². The molecule has 1 aromatic carbocycles. The Morgan fingerprint density at radius 2 is 1.14 bits per heavy atom. The van der Waals surface area contributed by atoms with Crippen LogP contribution in [0.3, 0.4) is 0 Å². The fourth-order valence-corrected chi connectivity index (χ4v) is 2.76. The third-order valence-electron chi connectivity index (χ3n) is 4.83. The molecule has 0 spiro atoms. The van der Waals surface area contributed by atoms with Crippen molar-refractivity contribution < 1.29 is 80.2 Å². The van der Waals surface area contributed by atoms with Crippen molar-refractivity contribution in [1.82, 2.24) is 0 Å². The van der Waals surface area contributed by atoms with E-state index in [1.54, 1.807) is 0 Å². The fourth-order valence-electron chi connectivity index (χ4n) is 2.76. The summed E-state index contributed by atoms with van der Waals surface area (Å²) in [6, 6.07) is 3.59. The summed E-state index contributed by atoms with van der Waals surface area (Å²) in [6.07, 6.45) is -8.21. The van der Waals surface area contributed by atoms with Gasteiger partial charge < -0.3 is 10.1 Å². The van der Waals surface area contributed by atoms with Crippen molar-refractivity contribution in [1.29, 1.82) is 0 Å². The molecule has 0 amide bonds. The van der Waals surface area contributed by atoms with Crippen LogP contribution in [0.2, 0.25) is 0 Å². The lowest BCUT2D eigenvalue weighted by Gasteiger charge is -2.40. The van der Waals surface area contributed by atoms with Gasteiger partial charge >= 0.3 is 53.7 Å². The highest BCUT2D eigenvalue weighted by atomic mass is 19.4. The van der Waals surface area contributed by atoms with E-state index in [0.29, 0.717) is 0 Å². The van der Waals surface area contributed by atoms with Gasteiger partial charge in [-0.3, -0.25) is 0 Å². The van der Waals surface area contributed by atoms with Crippen molar-refractivity contribution in [2.45, 2.75) is 54.2 Å². The van der Waals surface area contributed by atoms with Crippen molar-refractivity contribution in [2.75, 3.05) is 5.32 Å². The average molecular weight is 559 g/mol. The minimum atomic E-state index is -8.55. The molecule has 1 N–H and O–H groups in total. The Balaban J connectivity index is 2.35. The lowest BCUT2D eigenvalue weighted by atomic mass is 9.91. The molecular formula is C17H8F15NO3. The van der Waals surface area contributed by atoms with Crippen molar-refractivity contribution in [3.63, 3.8) is 0 Å². The Kier molecular flexibility index (Phi) is 6.78. The summed E-state index contributed by atoms with van der Waals surface area (Å²) in [4.78, 5) is 23.1. The predicted molar refractivity (Wildman–Crippen MR) is 84.4 cm³/mol. The molecule has 4 nitrogen and oxygen atoms in total. The third-order valence-corrected chi connectivity index (χ3v) is 4.83. The number of carbonyl (C=O) groups is 2. The maximum absolute atomic E-state index is 13.8. The molecule has 1 aliphatic rings. The van der Waals surface area contributed by atoms with Crippen LogP contribution in [0.1, 0.15) is 5.56 Å². The summed E-state index contributed by atoms with van der Waals surface area (Å²) in [5, 5.41) is 2.22. The number of ether oxygens (including phenoxy) is 1. The van der Waals surface area contributed by atoms with E-state index >= 15 is 0 Å². The van der Waals surface area contributed by atoms with Gasteiger partial charge in [-0.1, -0.05) is 18.2 Å². The summed E-state index contributed by atoms with van der Waals surface area (Å²) in [5.41, 5.74) is 0.394. The number of fused-ring (bicyclic) bond motifs is 1. The number of nitrogens with one attached hydrogen (secondary N) is 1. The largest absolute Gasteiger partial charge is 0.460 e. The van der Waals surface area contributed by atoms with E-state index in [-0.39, 0.29) is 11.3 Å². The molecule has 0 saturated carbocycles. The van der Waals surface area contributed by atoms with Gasteiger partial charge in [-0.2, -0.15) is 65.9 Å². The van der Waals surface area contributed by atoms with Crippen LogP contribution >= 0.6 is 0 Å². The SMILES string of the molecule is O=C(OC(=O)C(F)(F)C(F)(F)C(F)(F)C(F)(F)C(F)(F)C(F)(F)C(F)(F)F)C1Cc2ccccc2N1. The monoisotopic (exact) mass is 559 g/mol. The number of hydrogen-bond acceptors (Lipinski definition) is 4. The van der Waals surface area contributed by atoms with Crippen LogP contribution in [0.5, 0.6) is 0 Å². The number of halogens is 15. The van der Waals surface area contributed by atoms with Crippen molar-refractivity contribution >= 4 is 17.6 Å². The van der Waals surface area contributed by atoms with E-state index in [9.17, 15) is 75.4 Å². The number of esters is 2. The van der Waals surface area contributed by atoms with E-state index in [1.165, 1.54) is 24.3 Å². The minimum Gasteiger partial charge on any atom is -0.387 e. The zero-order valence-electron chi connectivity index (χ0n) is 16.5. The number of alkyl halides is 15. The van der Waals surface area contributed by atoms with Crippen LogP contribution in [0, 0.1) is 0 Å². The number of benzene rings is 1. The molecule has 0 aromatic heterocycles. The first-order chi connectivity index (χ1) is 15.9. The van der Waals surface area contributed by atoms with Gasteiger partial charge in [0.2, 0.25) is 0 Å². The van der Waals surface area contributed by atoms with Crippen LogP contribution < -0.4 is 5.32 Å². The average Bonchev–Trinajstić information content (AvgIpc) is 3.16. The predicted octanol–water partition coefficient (Wildman–Crippen LogP) is 5.47. The molecule has 1 unspecified atom stereocenters. The summed E-state index contributed by atoms with van der Waals surface area (Å²) < 4.78 is 200. The highest BCUT2D eigenvalue weighted by molar-refractivity contribution is 5.94. The normalized spacial score (nSPS) is 17.9. The number of anilines is 1. The van der Waals surface area contributed by atoms with Crippen LogP contribution in [-0.4, -0.2) is 59.7 Å². The fraction of sp³-hybridized carbons (Fsp3) is 0.529. The summed E-state index contributed by atoms with van der Waals surface area (Å²) in [5.74, 6) is -55.2. The number of hydrogen-bond donors (Lipinski definition) is 1. The van der Waals surface area contributed by atoms with Crippen molar-refractivity contribution in [2.24, 2.45) is 0 Å². The maximum Gasteiger partial charge on any atom is 0.460 e. The van der Waals surface area contributed by atoms with Gasteiger partial charge in [0.05, 0.1) is 0 Å². The van der Waals surface area contributed by atoms with Crippen molar-refractivity contribution in [3.05, 3.63) is 29.8 Å². The molecule has 19 heteroatoms. The Labute approximate surface area is 188 Å². The Morgan fingerprint density at radius 3 is 1.61 bits per heavy atom. The van der Waals surface area contributed by atoms with E-state index in [0.717, 1.165) is 0 Å². The van der Waals surface area contributed by atoms with Crippen LogP contribution in [-0.2, 0) is 20.7 Å². The molecule has 1 heterocycles. The lowest BCUT2D eigenvalue weighted by molar-refractivity contribution is -0.450. The molecule has 2 rings (SSSR count). The molecule has 36 heavy (non-hydrogen) atoms. The van der Waals surface area contributed by atoms with E-state index in [4.69, 9.17) is 0 Å². The van der Waals surface area contributed by atoms with E-state index < -0.39 is 66.1 Å². The first kappa shape index (κ1) is 29.3. The second kappa shape index (κ2) is 8.32. The summed E-state index contributed by atoms with van der Waals surface area (Å²) in [7, 11) is 0. The van der Waals surface area contributed by atoms with Gasteiger partial charge in [0.15, 0.2) is 0 Å². The van der Waals surface area contributed by atoms with E-state index in [2.05, 4.69) is 10.1 Å². The molecule has 0 radical (unpaired) electrons. The quantitative estimate of drug-likeness (QED) is 0.274. The zero-order chi connectivity index (χ0) is 28.3.